The normalized spacial score (nSPS) is 8.25. The molecule has 0 atom stereocenters. The summed E-state index contributed by atoms with van der Waals surface area (Å²) in [4.78, 5) is 3.61. The molecule has 0 aliphatic heterocycles. The van der Waals surface area contributed by atoms with Crippen LogP contribution in [0.5, 0.6) is 0 Å². The molecule has 0 aromatic carbocycles. The van der Waals surface area contributed by atoms with Crippen molar-refractivity contribution in [1.82, 2.24) is 4.98 Å². The van der Waals surface area contributed by atoms with Crippen molar-refractivity contribution in [2.24, 2.45) is 0 Å². The molecule has 2 nitrogen and oxygen atoms in total. The highest BCUT2D eigenvalue weighted by molar-refractivity contribution is 6.29. The van der Waals surface area contributed by atoms with Crippen molar-refractivity contribution in [3.05, 3.63) is 17.3 Å². The van der Waals surface area contributed by atoms with Gasteiger partial charge in [0.25, 0.3) is 0 Å². The Morgan fingerprint density at radius 1 is 1.75 bits per heavy atom. The van der Waals surface area contributed by atoms with E-state index in [2.05, 4.69) is 4.98 Å². The van der Waals surface area contributed by atoms with Crippen LogP contribution >= 0.6 is 11.6 Å². The van der Waals surface area contributed by atoms with E-state index in [9.17, 15) is 0 Å². The van der Waals surface area contributed by atoms with Crippen LogP contribution in [-0.2, 0) is 0 Å². The first kappa shape index (κ1) is 7.50. The van der Waals surface area contributed by atoms with Crippen molar-refractivity contribution in [3.63, 3.8) is 0 Å². The fourth-order valence-electron chi connectivity index (χ4n) is 0.291. The summed E-state index contributed by atoms with van der Waals surface area (Å²) in [6, 6.07) is 0. The molecule has 1 aromatic heterocycles. The smallest absolute Gasteiger partial charge is 0.182 e. The Bertz CT molecular complexity index is 145. The monoisotopic (exact) mass is 133 g/mol. The molecule has 0 aliphatic carbocycles. The molecule has 8 heavy (non-hydrogen) atoms. The summed E-state index contributed by atoms with van der Waals surface area (Å²) in [7, 11) is 0. The molecule has 3 heteroatoms. The molecule has 0 saturated heterocycles. The van der Waals surface area contributed by atoms with Crippen molar-refractivity contribution in [2.75, 3.05) is 0 Å². The summed E-state index contributed by atoms with van der Waals surface area (Å²) in [5.74, 6) is 0.668. The van der Waals surface area contributed by atoms with Crippen LogP contribution in [0.2, 0.25) is 5.15 Å². The van der Waals surface area contributed by atoms with E-state index in [1.165, 1.54) is 6.39 Å². The molecule has 0 radical (unpaired) electrons. The van der Waals surface area contributed by atoms with Crippen LogP contribution in [0.3, 0.4) is 0 Å². The third-order valence-corrected chi connectivity index (χ3v) is 1.05. The van der Waals surface area contributed by atoms with E-state index in [1.807, 2.05) is 0 Å². The van der Waals surface area contributed by atoms with Gasteiger partial charge in [-0.2, -0.15) is 0 Å². The summed E-state index contributed by atoms with van der Waals surface area (Å²) < 4.78 is 4.72. The first-order chi connectivity index (χ1) is 3.30. The van der Waals surface area contributed by atoms with Gasteiger partial charge in [0.15, 0.2) is 11.5 Å². The molecular formula is C5H8ClNO. The SMILES string of the molecule is C.Cc1ocnc1Cl. The van der Waals surface area contributed by atoms with Crippen LogP contribution in [-0.4, -0.2) is 4.98 Å². The lowest BCUT2D eigenvalue weighted by molar-refractivity contribution is 0.527. The largest absolute Gasteiger partial charge is 0.447 e. The van der Waals surface area contributed by atoms with Gasteiger partial charge >= 0.3 is 0 Å². The predicted octanol–water partition coefficient (Wildman–Crippen LogP) is 2.27. The van der Waals surface area contributed by atoms with Crippen molar-refractivity contribution in [3.8, 4) is 0 Å². The number of rotatable bonds is 0. The quantitative estimate of drug-likeness (QED) is 0.543. The van der Waals surface area contributed by atoms with Gasteiger partial charge in [-0.15, -0.1) is 0 Å². The summed E-state index contributed by atoms with van der Waals surface area (Å²) >= 11 is 5.42. The van der Waals surface area contributed by atoms with E-state index in [0.717, 1.165) is 0 Å². The Hall–Kier alpha value is -0.500. The zero-order valence-electron chi connectivity index (χ0n) is 3.81. The minimum Gasteiger partial charge on any atom is -0.447 e. The van der Waals surface area contributed by atoms with E-state index < -0.39 is 0 Å². The first-order valence-electron chi connectivity index (χ1n) is 1.86. The molecule has 0 amide bonds. The Balaban J connectivity index is 0.000000490. The minimum atomic E-state index is 0. The van der Waals surface area contributed by atoms with E-state index in [-0.39, 0.29) is 7.43 Å². The van der Waals surface area contributed by atoms with Gasteiger partial charge in [0.1, 0.15) is 5.76 Å². The maximum atomic E-state index is 5.42. The average Bonchev–Trinajstić information content (AvgIpc) is 1.91. The second-order valence-electron chi connectivity index (χ2n) is 1.20. The van der Waals surface area contributed by atoms with Gasteiger partial charge in [-0.3, -0.25) is 0 Å². The lowest BCUT2D eigenvalue weighted by atomic mass is 10.6. The minimum absolute atomic E-state index is 0. The number of aromatic nitrogens is 1. The van der Waals surface area contributed by atoms with E-state index in [1.54, 1.807) is 6.92 Å². The van der Waals surface area contributed by atoms with Crippen molar-refractivity contribution in [1.29, 1.82) is 0 Å². The Kier molecular flexibility index (Phi) is 2.55. The van der Waals surface area contributed by atoms with Crippen LogP contribution in [0, 0.1) is 6.92 Å². The number of aryl methyl sites for hydroxylation is 1. The molecule has 0 saturated carbocycles. The Labute approximate surface area is 53.5 Å². The fraction of sp³-hybridized carbons (Fsp3) is 0.400. The van der Waals surface area contributed by atoms with Crippen LogP contribution in [0.1, 0.15) is 13.2 Å². The highest BCUT2D eigenvalue weighted by atomic mass is 35.5. The van der Waals surface area contributed by atoms with Crippen LogP contribution < -0.4 is 0 Å². The first-order valence-corrected chi connectivity index (χ1v) is 2.24. The molecule has 46 valence electrons. The topological polar surface area (TPSA) is 26.0 Å². The number of hydrogen-bond acceptors (Lipinski definition) is 2. The van der Waals surface area contributed by atoms with Gasteiger partial charge in [0, 0.05) is 0 Å². The molecule has 0 aliphatic rings. The van der Waals surface area contributed by atoms with Crippen molar-refractivity contribution >= 4 is 11.6 Å². The molecule has 0 fully saturated rings. The Morgan fingerprint density at radius 2 is 2.38 bits per heavy atom. The standard InChI is InChI=1S/C4H4ClNO.CH4/c1-3-4(5)6-2-7-3;/h2H,1H3;1H4. The third kappa shape index (κ3) is 1.23. The van der Waals surface area contributed by atoms with Gasteiger partial charge in [0.2, 0.25) is 0 Å². The number of halogens is 1. The number of nitrogens with zero attached hydrogens (tertiary/aromatic N) is 1. The number of hydrogen-bond donors (Lipinski definition) is 0. The van der Waals surface area contributed by atoms with Crippen LogP contribution in [0.25, 0.3) is 0 Å². The van der Waals surface area contributed by atoms with E-state index in [4.69, 9.17) is 16.0 Å². The summed E-state index contributed by atoms with van der Waals surface area (Å²) in [6.07, 6.45) is 1.32. The summed E-state index contributed by atoms with van der Waals surface area (Å²) in [6.45, 7) is 1.76. The fourth-order valence-corrected chi connectivity index (χ4v) is 0.376. The van der Waals surface area contributed by atoms with Crippen LogP contribution in [0.4, 0.5) is 0 Å². The van der Waals surface area contributed by atoms with Crippen LogP contribution in [0.15, 0.2) is 10.8 Å². The molecule has 0 spiro atoms. The maximum absolute atomic E-state index is 5.42. The van der Waals surface area contributed by atoms with Crippen molar-refractivity contribution in [2.45, 2.75) is 14.4 Å². The van der Waals surface area contributed by atoms with Gasteiger partial charge in [-0.1, -0.05) is 19.0 Å². The van der Waals surface area contributed by atoms with Crippen molar-refractivity contribution < 1.29 is 4.42 Å². The predicted molar refractivity (Wildman–Crippen MR) is 33.0 cm³/mol. The molecule has 0 N–H and O–H groups in total. The van der Waals surface area contributed by atoms with Gasteiger partial charge < -0.3 is 4.42 Å². The maximum Gasteiger partial charge on any atom is 0.182 e. The van der Waals surface area contributed by atoms with Gasteiger partial charge in [-0.05, 0) is 6.92 Å². The third-order valence-electron chi connectivity index (χ3n) is 0.686. The molecule has 1 rings (SSSR count). The zero-order chi connectivity index (χ0) is 5.28. The molecule has 1 aromatic rings. The summed E-state index contributed by atoms with van der Waals surface area (Å²) in [5, 5.41) is 0.444. The van der Waals surface area contributed by atoms with Gasteiger partial charge in [0.05, 0.1) is 0 Å². The zero-order valence-corrected chi connectivity index (χ0v) is 4.57. The highest BCUT2D eigenvalue weighted by Crippen LogP contribution is 2.09. The van der Waals surface area contributed by atoms with Gasteiger partial charge in [-0.25, -0.2) is 4.98 Å². The molecule has 0 bridgehead atoms. The second-order valence-corrected chi connectivity index (χ2v) is 1.56. The molecular weight excluding hydrogens is 126 g/mol. The molecule has 0 unspecified atom stereocenters. The lowest BCUT2D eigenvalue weighted by Crippen LogP contribution is -1.60. The summed E-state index contributed by atoms with van der Waals surface area (Å²) in [5.41, 5.74) is 0. The highest BCUT2D eigenvalue weighted by Gasteiger charge is 1.93. The Morgan fingerprint density at radius 3 is 2.50 bits per heavy atom. The second kappa shape index (κ2) is 2.72. The number of oxazole rings is 1. The van der Waals surface area contributed by atoms with E-state index >= 15 is 0 Å². The van der Waals surface area contributed by atoms with E-state index in [0.29, 0.717) is 10.9 Å². The molecule has 1 heterocycles. The lowest BCUT2D eigenvalue weighted by Gasteiger charge is -1.73. The average molecular weight is 134 g/mol.